The molecule has 0 aliphatic heterocycles. The average molecular weight is 197 g/mol. The van der Waals surface area contributed by atoms with E-state index < -0.39 is 11.5 Å². The number of carbonyl (C=O) groups is 1. The van der Waals surface area contributed by atoms with Gasteiger partial charge in [-0.15, -0.1) is 0 Å². The maximum atomic E-state index is 11.1. The molecular weight excluding hydrogens is 178 g/mol. The van der Waals surface area contributed by atoms with Gasteiger partial charge in [0.2, 0.25) is 0 Å². The fraction of sp³-hybridized carbons (Fsp3) is 0.909. The third-order valence-electron chi connectivity index (χ3n) is 4.53. The first-order valence-corrected chi connectivity index (χ1v) is 5.28. The van der Waals surface area contributed by atoms with Gasteiger partial charge in [-0.2, -0.15) is 0 Å². The molecule has 0 aromatic heterocycles. The van der Waals surface area contributed by atoms with Crippen molar-refractivity contribution in [2.75, 3.05) is 0 Å². The van der Waals surface area contributed by atoms with Gasteiger partial charge in [-0.3, -0.25) is 4.79 Å². The molecule has 4 unspecified atom stereocenters. The quantitative estimate of drug-likeness (QED) is 0.669. The van der Waals surface area contributed by atoms with E-state index in [0.717, 1.165) is 12.8 Å². The van der Waals surface area contributed by atoms with Crippen molar-refractivity contribution in [3.63, 3.8) is 0 Å². The van der Waals surface area contributed by atoms with Crippen LogP contribution in [0.4, 0.5) is 0 Å². The first-order chi connectivity index (χ1) is 6.27. The van der Waals surface area contributed by atoms with E-state index >= 15 is 0 Å². The molecule has 3 heteroatoms. The Morgan fingerprint density at radius 1 is 1.36 bits per heavy atom. The fourth-order valence-electron chi connectivity index (χ4n) is 3.25. The summed E-state index contributed by atoms with van der Waals surface area (Å²) in [4.78, 5) is 11.1. The molecule has 14 heavy (non-hydrogen) atoms. The van der Waals surface area contributed by atoms with Crippen LogP contribution in [0.5, 0.6) is 0 Å². The molecule has 3 nitrogen and oxygen atoms in total. The Kier molecular flexibility index (Phi) is 1.79. The zero-order chi connectivity index (χ0) is 10.7. The lowest BCUT2D eigenvalue weighted by atomic mass is 9.75. The van der Waals surface area contributed by atoms with Crippen molar-refractivity contribution in [3.8, 4) is 0 Å². The first-order valence-electron chi connectivity index (χ1n) is 5.28. The molecule has 0 spiro atoms. The summed E-state index contributed by atoms with van der Waals surface area (Å²) in [6.07, 6.45) is 1.63. The van der Waals surface area contributed by atoms with Gasteiger partial charge in [-0.05, 0) is 37.0 Å². The molecule has 0 aromatic rings. The van der Waals surface area contributed by atoms with Crippen molar-refractivity contribution >= 4 is 5.97 Å². The van der Waals surface area contributed by atoms with Crippen molar-refractivity contribution in [1.29, 1.82) is 0 Å². The molecule has 2 fully saturated rings. The number of nitrogens with two attached hydrogens (primary N) is 1. The Balaban J connectivity index is 2.19. The highest BCUT2D eigenvalue weighted by Crippen LogP contribution is 2.67. The van der Waals surface area contributed by atoms with Gasteiger partial charge in [0.25, 0.3) is 0 Å². The van der Waals surface area contributed by atoms with Crippen molar-refractivity contribution in [2.45, 2.75) is 39.2 Å². The second-order valence-corrected chi connectivity index (χ2v) is 5.87. The van der Waals surface area contributed by atoms with Crippen LogP contribution < -0.4 is 5.73 Å². The number of aliphatic carboxylic acids is 1. The highest BCUT2D eigenvalue weighted by Gasteiger charge is 2.64. The van der Waals surface area contributed by atoms with E-state index in [0.29, 0.717) is 17.3 Å². The van der Waals surface area contributed by atoms with Crippen LogP contribution in [-0.4, -0.2) is 16.6 Å². The number of hydrogen-bond acceptors (Lipinski definition) is 2. The number of rotatable bonds is 1. The minimum Gasteiger partial charge on any atom is -0.481 e. The summed E-state index contributed by atoms with van der Waals surface area (Å²) in [5.41, 5.74) is 5.89. The van der Waals surface area contributed by atoms with Crippen LogP contribution >= 0.6 is 0 Å². The summed E-state index contributed by atoms with van der Waals surface area (Å²) in [5.74, 6) is 0.148. The third kappa shape index (κ3) is 1.18. The Labute approximate surface area is 84.7 Å². The molecule has 2 aliphatic rings. The summed E-state index contributed by atoms with van der Waals surface area (Å²) in [6, 6.07) is 0. The Morgan fingerprint density at radius 3 is 2.43 bits per heavy atom. The molecular formula is C11H19NO2. The van der Waals surface area contributed by atoms with E-state index in [2.05, 4.69) is 13.8 Å². The van der Waals surface area contributed by atoms with Gasteiger partial charge in [-0.1, -0.05) is 13.8 Å². The normalized spacial score (nSPS) is 49.6. The standard InChI is InChI=1S/C11H19NO2/c1-10(2)6-4-7(9(13)14)11(3,12)5-8(6)10/h6-8H,4-5,12H2,1-3H3,(H,13,14). The maximum absolute atomic E-state index is 11.1. The lowest BCUT2D eigenvalue weighted by molar-refractivity contribution is -0.145. The maximum Gasteiger partial charge on any atom is 0.308 e. The van der Waals surface area contributed by atoms with Crippen LogP contribution in [0.25, 0.3) is 0 Å². The summed E-state index contributed by atoms with van der Waals surface area (Å²) in [7, 11) is 0. The molecule has 0 aromatic carbocycles. The van der Waals surface area contributed by atoms with E-state index in [1.54, 1.807) is 0 Å². The van der Waals surface area contributed by atoms with E-state index in [-0.39, 0.29) is 5.92 Å². The summed E-state index contributed by atoms with van der Waals surface area (Å²) >= 11 is 0. The summed E-state index contributed by atoms with van der Waals surface area (Å²) < 4.78 is 0. The summed E-state index contributed by atoms with van der Waals surface area (Å²) in [5, 5.41) is 9.10. The van der Waals surface area contributed by atoms with Crippen LogP contribution in [0.15, 0.2) is 0 Å². The van der Waals surface area contributed by atoms with E-state index in [9.17, 15) is 4.79 Å². The van der Waals surface area contributed by atoms with Crippen molar-refractivity contribution in [1.82, 2.24) is 0 Å². The predicted octanol–water partition coefficient (Wildman–Crippen LogP) is 1.47. The highest BCUT2D eigenvalue weighted by molar-refractivity contribution is 5.72. The molecule has 2 aliphatic carbocycles. The predicted molar refractivity (Wildman–Crippen MR) is 53.7 cm³/mol. The number of carboxylic acid groups (broad SMARTS) is 1. The lowest BCUT2D eigenvalue weighted by Gasteiger charge is -2.35. The monoisotopic (exact) mass is 197 g/mol. The van der Waals surface area contributed by atoms with Gasteiger partial charge in [0.15, 0.2) is 0 Å². The molecule has 0 amide bonds. The molecule has 80 valence electrons. The largest absolute Gasteiger partial charge is 0.481 e. The van der Waals surface area contributed by atoms with Crippen LogP contribution in [0.1, 0.15) is 33.6 Å². The van der Waals surface area contributed by atoms with E-state index in [1.165, 1.54) is 0 Å². The molecule has 0 saturated heterocycles. The van der Waals surface area contributed by atoms with Gasteiger partial charge in [-0.25, -0.2) is 0 Å². The second kappa shape index (κ2) is 2.51. The van der Waals surface area contributed by atoms with Gasteiger partial charge < -0.3 is 10.8 Å². The van der Waals surface area contributed by atoms with Crippen LogP contribution in [0, 0.1) is 23.2 Å². The Morgan fingerprint density at radius 2 is 1.93 bits per heavy atom. The molecule has 2 saturated carbocycles. The number of fused-ring (bicyclic) bond motifs is 1. The fourth-order valence-corrected chi connectivity index (χ4v) is 3.25. The smallest absolute Gasteiger partial charge is 0.308 e. The zero-order valence-corrected chi connectivity index (χ0v) is 9.08. The van der Waals surface area contributed by atoms with Gasteiger partial charge in [0, 0.05) is 5.54 Å². The van der Waals surface area contributed by atoms with E-state index in [4.69, 9.17) is 10.8 Å². The number of hydrogen-bond donors (Lipinski definition) is 2. The van der Waals surface area contributed by atoms with Gasteiger partial charge in [0.1, 0.15) is 0 Å². The van der Waals surface area contributed by atoms with Crippen LogP contribution in [-0.2, 0) is 4.79 Å². The van der Waals surface area contributed by atoms with E-state index in [1.807, 2.05) is 6.92 Å². The topological polar surface area (TPSA) is 63.3 Å². The average Bonchev–Trinajstić information content (AvgIpc) is 2.49. The van der Waals surface area contributed by atoms with Crippen LogP contribution in [0.3, 0.4) is 0 Å². The zero-order valence-electron chi connectivity index (χ0n) is 9.08. The first kappa shape index (κ1) is 9.97. The van der Waals surface area contributed by atoms with Gasteiger partial charge >= 0.3 is 5.97 Å². The highest BCUT2D eigenvalue weighted by atomic mass is 16.4. The minimum absolute atomic E-state index is 0.324. The van der Waals surface area contributed by atoms with Crippen molar-refractivity contribution < 1.29 is 9.90 Å². The Hall–Kier alpha value is -0.570. The minimum atomic E-state index is -0.726. The molecule has 0 bridgehead atoms. The van der Waals surface area contributed by atoms with Crippen molar-refractivity contribution in [3.05, 3.63) is 0 Å². The number of carboxylic acids is 1. The van der Waals surface area contributed by atoms with Crippen molar-refractivity contribution in [2.24, 2.45) is 28.9 Å². The molecule has 0 radical (unpaired) electrons. The lowest BCUT2D eigenvalue weighted by Crippen LogP contribution is -2.50. The third-order valence-corrected chi connectivity index (χ3v) is 4.53. The molecule has 0 heterocycles. The molecule has 4 atom stereocenters. The Bertz CT molecular complexity index is 283. The molecule has 3 N–H and O–H groups in total. The SMILES string of the molecule is CC1(N)CC2C(CC1C(=O)O)C2(C)C. The van der Waals surface area contributed by atoms with Gasteiger partial charge in [0.05, 0.1) is 5.92 Å². The second-order valence-electron chi connectivity index (χ2n) is 5.87. The van der Waals surface area contributed by atoms with Crippen LogP contribution in [0.2, 0.25) is 0 Å². The molecule has 2 rings (SSSR count). The summed E-state index contributed by atoms with van der Waals surface area (Å²) in [6.45, 7) is 6.34.